The number of pyridine rings is 1. The summed E-state index contributed by atoms with van der Waals surface area (Å²) >= 11 is 0. The first-order valence-corrected chi connectivity index (χ1v) is 5.56. The average Bonchev–Trinajstić information content (AvgIpc) is 2.59. The summed E-state index contributed by atoms with van der Waals surface area (Å²) in [6.07, 6.45) is -2.76. The number of rotatable bonds is 4. The Hall–Kier alpha value is -1.67. The molecular formula is C11H13F3N4O. The molecule has 2 heterocycles. The van der Waals surface area contributed by atoms with Crippen molar-refractivity contribution in [2.24, 2.45) is 7.05 Å². The molecule has 0 radical (unpaired) electrons. The Morgan fingerprint density at radius 2 is 2.16 bits per heavy atom. The van der Waals surface area contributed by atoms with Gasteiger partial charge in [0.1, 0.15) is 0 Å². The zero-order valence-electron chi connectivity index (χ0n) is 10.5. The second-order valence-electron chi connectivity index (χ2n) is 4.15. The molecule has 2 rings (SSSR count). The van der Waals surface area contributed by atoms with Crippen molar-refractivity contribution >= 4 is 11.0 Å². The number of aromatic nitrogens is 3. The van der Waals surface area contributed by atoms with Gasteiger partial charge >= 0.3 is 6.18 Å². The smallest absolute Gasteiger partial charge is 0.292 e. The molecule has 0 bridgehead atoms. The number of hydrogen-bond donors (Lipinski definition) is 1. The van der Waals surface area contributed by atoms with Crippen molar-refractivity contribution in [1.29, 1.82) is 0 Å². The number of fused-ring (bicyclic) bond motifs is 1. The molecule has 2 aromatic heterocycles. The lowest BCUT2D eigenvalue weighted by molar-refractivity contribution is -0.190. The molecule has 8 heteroatoms. The van der Waals surface area contributed by atoms with E-state index in [9.17, 15) is 13.2 Å². The molecule has 0 aliphatic rings. The summed E-state index contributed by atoms with van der Waals surface area (Å²) in [4.78, 5) is 8.54. The highest BCUT2D eigenvalue weighted by Gasteiger charge is 2.27. The van der Waals surface area contributed by atoms with Gasteiger partial charge in [0, 0.05) is 25.2 Å². The molecule has 0 amide bonds. The summed E-state index contributed by atoms with van der Waals surface area (Å²) in [6, 6.07) is 1.83. The molecule has 2 aromatic rings. The fourth-order valence-corrected chi connectivity index (χ4v) is 1.72. The van der Waals surface area contributed by atoms with Gasteiger partial charge in [-0.25, -0.2) is 4.98 Å². The quantitative estimate of drug-likeness (QED) is 0.683. The predicted molar refractivity (Wildman–Crippen MR) is 62.1 cm³/mol. The van der Waals surface area contributed by atoms with Crippen molar-refractivity contribution in [3.8, 4) is 0 Å². The summed E-state index contributed by atoms with van der Waals surface area (Å²) in [5.74, 6) is 0. The minimum absolute atomic E-state index is 0.146. The summed E-state index contributed by atoms with van der Waals surface area (Å²) in [5, 5.41) is 5.09. The van der Waals surface area contributed by atoms with Gasteiger partial charge in [-0.05, 0) is 18.6 Å². The molecule has 19 heavy (non-hydrogen) atoms. The second-order valence-corrected chi connectivity index (χ2v) is 4.15. The second kappa shape index (κ2) is 5.14. The Balaban J connectivity index is 2.00. The van der Waals surface area contributed by atoms with E-state index >= 15 is 0 Å². The Labute approximate surface area is 107 Å². The first kappa shape index (κ1) is 13.8. The molecular weight excluding hydrogens is 261 g/mol. The zero-order valence-corrected chi connectivity index (χ0v) is 10.5. The van der Waals surface area contributed by atoms with Crippen molar-refractivity contribution in [1.82, 2.24) is 20.2 Å². The first-order valence-electron chi connectivity index (χ1n) is 5.56. The largest absolute Gasteiger partial charge is 0.413 e. The van der Waals surface area contributed by atoms with E-state index in [2.05, 4.69) is 20.4 Å². The van der Waals surface area contributed by atoms with Crippen LogP contribution in [0.3, 0.4) is 0 Å². The zero-order chi connectivity index (χ0) is 14.0. The molecule has 0 atom stereocenters. The number of nitrogens with zero attached hydrogens (tertiary/aromatic N) is 3. The Kier molecular flexibility index (Phi) is 3.72. The molecule has 0 saturated carbocycles. The topological polar surface area (TPSA) is 52.0 Å². The minimum atomic E-state index is -4.34. The minimum Gasteiger partial charge on any atom is -0.292 e. The lowest BCUT2D eigenvalue weighted by Crippen LogP contribution is -2.24. The third-order valence-corrected chi connectivity index (χ3v) is 2.53. The molecule has 5 nitrogen and oxygen atoms in total. The Morgan fingerprint density at radius 3 is 2.84 bits per heavy atom. The lowest BCUT2D eigenvalue weighted by Gasteiger charge is -2.08. The van der Waals surface area contributed by atoms with Crippen LogP contribution in [0.4, 0.5) is 13.2 Å². The van der Waals surface area contributed by atoms with Crippen LogP contribution in [0.25, 0.3) is 11.0 Å². The van der Waals surface area contributed by atoms with Gasteiger partial charge in [0.25, 0.3) is 0 Å². The predicted octanol–water partition coefficient (Wildman–Crippen LogP) is 1.86. The van der Waals surface area contributed by atoms with Crippen LogP contribution in [0.2, 0.25) is 0 Å². The maximum atomic E-state index is 11.9. The fraction of sp³-hybridized carbons (Fsp3) is 0.455. The van der Waals surface area contributed by atoms with Crippen LogP contribution in [0.5, 0.6) is 0 Å². The standard InChI is InChI=1S/C11H13F3N4O/c1-7-9-3-8(4-15-10(9)18(2)17-7)5-16-19-6-11(12,13)14/h3-4,16H,5-6H2,1-2H3. The molecule has 0 aromatic carbocycles. The number of alkyl halides is 3. The maximum absolute atomic E-state index is 11.9. The van der Waals surface area contributed by atoms with E-state index in [4.69, 9.17) is 0 Å². The van der Waals surface area contributed by atoms with Crippen LogP contribution >= 0.6 is 0 Å². The third kappa shape index (κ3) is 3.42. The summed E-state index contributed by atoms with van der Waals surface area (Å²) in [5.41, 5.74) is 4.55. The van der Waals surface area contributed by atoms with E-state index < -0.39 is 12.8 Å². The highest BCUT2D eigenvalue weighted by Crippen LogP contribution is 2.17. The van der Waals surface area contributed by atoms with Crippen LogP contribution in [0, 0.1) is 6.92 Å². The van der Waals surface area contributed by atoms with Crippen LogP contribution < -0.4 is 5.48 Å². The van der Waals surface area contributed by atoms with E-state index in [1.165, 1.54) is 0 Å². The summed E-state index contributed by atoms with van der Waals surface area (Å²) in [7, 11) is 1.78. The Bertz CT molecular complexity index is 579. The third-order valence-electron chi connectivity index (χ3n) is 2.53. The summed E-state index contributed by atoms with van der Waals surface area (Å²) in [6.45, 7) is 0.670. The average molecular weight is 274 g/mol. The number of nitrogens with one attached hydrogen (secondary N) is 1. The van der Waals surface area contributed by atoms with E-state index in [-0.39, 0.29) is 6.54 Å². The number of aryl methyl sites for hydroxylation is 2. The van der Waals surface area contributed by atoms with Gasteiger partial charge in [0.2, 0.25) is 0 Å². The molecule has 0 aliphatic heterocycles. The van der Waals surface area contributed by atoms with E-state index in [0.29, 0.717) is 0 Å². The Morgan fingerprint density at radius 1 is 1.42 bits per heavy atom. The molecule has 0 spiro atoms. The fourth-order valence-electron chi connectivity index (χ4n) is 1.72. The normalized spacial score (nSPS) is 12.3. The lowest BCUT2D eigenvalue weighted by atomic mass is 10.2. The highest BCUT2D eigenvalue weighted by atomic mass is 19.4. The number of hydrogen-bond acceptors (Lipinski definition) is 4. The summed E-state index contributed by atoms with van der Waals surface area (Å²) < 4.78 is 37.2. The van der Waals surface area contributed by atoms with Crippen LogP contribution in [-0.2, 0) is 18.4 Å². The van der Waals surface area contributed by atoms with E-state index in [0.717, 1.165) is 22.3 Å². The van der Waals surface area contributed by atoms with Gasteiger partial charge < -0.3 is 0 Å². The maximum Gasteiger partial charge on any atom is 0.413 e. The van der Waals surface area contributed by atoms with Gasteiger partial charge in [0.15, 0.2) is 12.3 Å². The molecule has 104 valence electrons. The molecule has 0 saturated heterocycles. The molecule has 0 aliphatic carbocycles. The van der Waals surface area contributed by atoms with Crippen molar-refractivity contribution in [2.45, 2.75) is 19.6 Å². The van der Waals surface area contributed by atoms with E-state index in [1.807, 2.05) is 13.0 Å². The SMILES string of the molecule is Cc1nn(C)c2ncc(CNOCC(F)(F)F)cc12. The van der Waals surface area contributed by atoms with Crippen LogP contribution in [0.1, 0.15) is 11.3 Å². The monoisotopic (exact) mass is 274 g/mol. The van der Waals surface area contributed by atoms with Gasteiger partial charge in [-0.15, -0.1) is 0 Å². The highest BCUT2D eigenvalue weighted by molar-refractivity contribution is 5.78. The van der Waals surface area contributed by atoms with Crippen LogP contribution in [0.15, 0.2) is 12.3 Å². The van der Waals surface area contributed by atoms with Crippen molar-refractivity contribution in [3.63, 3.8) is 0 Å². The van der Waals surface area contributed by atoms with Gasteiger partial charge in [-0.2, -0.15) is 23.8 Å². The van der Waals surface area contributed by atoms with Gasteiger partial charge in [-0.1, -0.05) is 0 Å². The van der Waals surface area contributed by atoms with Crippen molar-refractivity contribution in [3.05, 3.63) is 23.5 Å². The van der Waals surface area contributed by atoms with Gasteiger partial charge in [-0.3, -0.25) is 9.52 Å². The van der Waals surface area contributed by atoms with Crippen molar-refractivity contribution < 1.29 is 18.0 Å². The van der Waals surface area contributed by atoms with Crippen LogP contribution in [-0.4, -0.2) is 27.5 Å². The van der Waals surface area contributed by atoms with Crippen molar-refractivity contribution in [2.75, 3.05) is 6.61 Å². The number of hydroxylamine groups is 1. The first-order chi connectivity index (χ1) is 8.87. The molecule has 0 fully saturated rings. The van der Waals surface area contributed by atoms with E-state index in [1.54, 1.807) is 17.9 Å². The molecule has 1 N–H and O–H groups in total. The van der Waals surface area contributed by atoms with Gasteiger partial charge in [0.05, 0.1) is 5.69 Å². The number of halogens is 3. The molecule has 0 unspecified atom stereocenters.